The van der Waals surface area contributed by atoms with Crippen molar-refractivity contribution in [3.05, 3.63) is 29.8 Å². The fourth-order valence-corrected chi connectivity index (χ4v) is 4.12. The first-order valence-corrected chi connectivity index (χ1v) is 8.82. The third kappa shape index (κ3) is 3.89. The smallest absolute Gasteiger partial charge is 0.309 e. The lowest BCUT2D eigenvalue weighted by molar-refractivity contribution is -0.146. The van der Waals surface area contributed by atoms with E-state index in [9.17, 15) is 18.3 Å². The fourth-order valence-electron chi connectivity index (χ4n) is 2.43. The molecule has 0 radical (unpaired) electrons. The highest BCUT2D eigenvalue weighted by Gasteiger charge is 2.44. The maximum Gasteiger partial charge on any atom is 0.309 e. The van der Waals surface area contributed by atoms with Gasteiger partial charge in [-0.25, -0.2) is 8.42 Å². The Bertz CT molecular complexity index is 642. The van der Waals surface area contributed by atoms with Crippen LogP contribution in [0, 0.1) is 6.92 Å². The van der Waals surface area contributed by atoms with Crippen molar-refractivity contribution >= 4 is 16.0 Å². The van der Waals surface area contributed by atoms with Gasteiger partial charge in [0.25, 0.3) is 0 Å². The molecule has 0 unspecified atom stereocenters. The van der Waals surface area contributed by atoms with Gasteiger partial charge >= 0.3 is 5.97 Å². The molecule has 1 aromatic carbocycles. The van der Waals surface area contributed by atoms with Crippen LogP contribution in [0.5, 0.6) is 0 Å². The zero-order valence-corrected chi connectivity index (χ0v) is 14.0. The summed E-state index contributed by atoms with van der Waals surface area (Å²) in [5, 5.41) is 9.44. The van der Waals surface area contributed by atoms with E-state index in [1.165, 1.54) is 12.1 Å². The molecule has 1 saturated heterocycles. The summed E-state index contributed by atoms with van der Waals surface area (Å²) in [5.74, 6) is -0.541. The average molecular weight is 343 g/mol. The summed E-state index contributed by atoms with van der Waals surface area (Å²) in [5.41, 5.74) is 0.934. The lowest BCUT2D eigenvalue weighted by Gasteiger charge is -2.26. The second-order valence-electron chi connectivity index (χ2n) is 5.28. The monoisotopic (exact) mass is 343 g/mol. The molecule has 2 atom stereocenters. The van der Waals surface area contributed by atoms with Crippen molar-refractivity contribution in [2.75, 3.05) is 19.8 Å². The molecule has 1 N–H and O–H groups in total. The number of carbonyl (C=O) groups is 1. The molecule has 7 nitrogen and oxygen atoms in total. The molecule has 0 aliphatic carbocycles. The van der Waals surface area contributed by atoms with Gasteiger partial charge in [-0.05, 0) is 26.0 Å². The first kappa shape index (κ1) is 17.9. The normalized spacial score (nSPS) is 22.2. The molecule has 0 spiro atoms. The minimum Gasteiger partial charge on any atom is -0.466 e. The first-order valence-electron chi connectivity index (χ1n) is 7.38. The molecule has 0 bridgehead atoms. The van der Waals surface area contributed by atoms with E-state index >= 15 is 0 Å². The minimum atomic E-state index is -3.89. The van der Waals surface area contributed by atoms with Gasteiger partial charge in [0.05, 0.1) is 37.2 Å². The molecule has 1 aliphatic heterocycles. The summed E-state index contributed by atoms with van der Waals surface area (Å²) in [4.78, 5) is 11.8. The number of sulfonamides is 1. The van der Waals surface area contributed by atoms with Gasteiger partial charge in [-0.1, -0.05) is 17.7 Å². The second kappa shape index (κ2) is 7.39. The Kier molecular flexibility index (Phi) is 5.74. The fraction of sp³-hybridized carbons (Fsp3) is 0.533. The molecule has 128 valence electrons. The lowest BCUT2D eigenvalue weighted by Crippen LogP contribution is -2.44. The molecule has 0 aromatic heterocycles. The Morgan fingerprint density at radius 2 is 2.04 bits per heavy atom. The quantitative estimate of drug-likeness (QED) is 0.763. The predicted molar refractivity (Wildman–Crippen MR) is 82.1 cm³/mol. The van der Waals surface area contributed by atoms with Crippen molar-refractivity contribution < 1.29 is 27.8 Å². The Morgan fingerprint density at radius 1 is 1.39 bits per heavy atom. The highest BCUT2D eigenvalue weighted by atomic mass is 32.2. The number of aliphatic hydroxyl groups excluding tert-OH is 1. The highest BCUT2D eigenvalue weighted by molar-refractivity contribution is 7.89. The van der Waals surface area contributed by atoms with Crippen LogP contribution < -0.4 is 0 Å². The molecule has 1 fully saturated rings. The van der Waals surface area contributed by atoms with E-state index in [0.29, 0.717) is 0 Å². The van der Waals surface area contributed by atoms with Gasteiger partial charge < -0.3 is 14.6 Å². The van der Waals surface area contributed by atoms with Gasteiger partial charge in [-0.2, -0.15) is 4.31 Å². The van der Waals surface area contributed by atoms with Gasteiger partial charge in [0, 0.05) is 0 Å². The van der Waals surface area contributed by atoms with Crippen LogP contribution >= 0.6 is 0 Å². The second-order valence-corrected chi connectivity index (χ2v) is 7.12. The standard InChI is InChI=1S/C15H21NO6S/c1-3-21-15(18)8-14-16(12(9-17)10-22-14)23(19,20)13-6-4-11(2)5-7-13/h4-7,12,14,17H,3,8-10H2,1-2H3/t12-,14-/m0/s1. The van der Waals surface area contributed by atoms with Crippen LogP contribution in [-0.4, -0.2) is 55.9 Å². The highest BCUT2D eigenvalue weighted by Crippen LogP contribution is 2.28. The Balaban J connectivity index is 2.30. The van der Waals surface area contributed by atoms with Gasteiger partial charge in [-0.15, -0.1) is 0 Å². The van der Waals surface area contributed by atoms with Gasteiger partial charge in [0.1, 0.15) is 6.23 Å². The summed E-state index contributed by atoms with van der Waals surface area (Å²) in [6.45, 7) is 3.38. The number of aliphatic hydroxyl groups is 1. The van der Waals surface area contributed by atoms with Gasteiger partial charge in [0.15, 0.2) is 0 Å². The molecule has 8 heteroatoms. The summed E-state index contributed by atoms with van der Waals surface area (Å²) in [7, 11) is -3.89. The van der Waals surface area contributed by atoms with Crippen LogP contribution in [0.1, 0.15) is 18.9 Å². The van der Waals surface area contributed by atoms with E-state index in [1.54, 1.807) is 19.1 Å². The Morgan fingerprint density at radius 3 is 2.61 bits per heavy atom. The molecule has 23 heavy (non-hydrogen) atoms. The number of carbonyl (C=O) groups excluding carboxylic acids is 1. The van der Waals surface area contributed by atoms with Crippen molar-refractivity contribution in [3.8, 4) is 0 Å². The van der Waals surface area contributed by atoms with E-state index in [1.807, 2.05) is 6.92 Å². The zero-order valence-electron chi connectivity index (χ0n) is 13.1. The molecular formula is C15H21NO6S. The predicted octanol–water partition coefficient (Wildman–Crippen LogP) is 0.656. The third-order valence-corrected chi connectivity index (χ3v) is 5.53. The van der Waals surface area contributed by atoms with Crippen molar-refractivity contribution in [2.24, 2.45) is 0 Å². The summed E-state index contributed by atoms with van der Waals surface area (Å²) >= 11 is 0. The Hall–Kier alpha value is -1.48. The minimum absolute atomic E-state index is 0.0334. The van der Waals surface area contributed by atoms with Crippen LogP contribution in [0.15, 0.2) is 29.2 Å². The molecule has 0 amide bonds. The lowest BCUT2D eigenvalue weighted by atomic mass is 10.2. The summed E-state index contributed by atoms with van der Waals surface area (Å²) < 4.78 is 37.0. The number of hydrogen-bond acceptors (Lipinski definition) is 6. The van der Waals surface area contributed by atoms with Crippen LogP contribution in [0.4, 0.5) is 0 Å². The molecular weight excluding hydrogens is 322 g/mol. The zero-order chi connectivity index (χ0) is 17.0. The number of rotatable bonds is 6. The SMILES string of the molecule is CCOC(=O)C[C@@H]1OC[C@H](CO)N1S(=O)(=O)c1ccc(C)cc1. The third-order valence-electron chi connectivity index (χ3n) is 3.58. The number of esters is 1. The largest absolute Gasteiger partial charge is 0.466 e. The number of benzene rings is 1. The number of ether oxygens (including phenoxy) is 2. The van der Waals surface area contributed by atoms with E-state index < -0.39 is 28.3 Å². The molecule has 2 rings (SSSR count). The molecule has 1 heterocycles. The van der Waals surface area contributed by atoms with Crippen LogP contribution in [0.25, 0.3) is 0 Å². The first-order chi connectivity index (χ1) is 10.9. The Labute approximate surface area is 135 Å². The average Bonchev–Trinajstić information content (AvgIpc) is 2.91. The van der Waals surface area contributed by atoms with Gasteiger partial charge in [-0.3, -0.25) is 4.79 Å². The number of nitrogens with zero attached hydrogens (tertiary/aromatic N) is 1. The van der Waals surface area contributed by atoms with E-state index in [2.05, 4.69) is 0 Å². The van der Waals surface area contributed by atoms with Crippen molar-refractivity contribution in [3.63, 3.8) is 0 Å². The van der Waals surface area contributed by atoms with E-state index in [4.69, 9.17) is 9.47 Å². The van der Waals surface area contributed by atoms with Crippen LogP contribution in [-0.2, 0) is 24.3 Å². The maximum absolute atomic E-state index is 12.8. The molecule has 0 saturated carbocycles. The van der Waals surface area contributed by atoms with E-state index in [0.717, 1.165) is 9.87 Å². The van der Waals surface area contributed by atoms with Crippen molar-refractivity contribution in [2.45, 2.75) is 37.4 Å². The van der Waals surface area contributed by atoms with Gasteiger partial charge in [0.2, 0.25) is 10.0 Å². The number of hydrogen-bond donors (Lipinski definition) is 1. The van der Waals surface area contributed by atoms with E-state index in [-0.39, 0.29) is 31.1 Å². The summed E-state index contributed by atoms with van der Waals surface area (Å²) in [6.07, 6.45) is -1.19. The summed E-state index contributed by atoms with van der Waals surface area (Å²) in [6, 6.07) is 5.66. The topological polar surface area (TPSA) is 93.1 Å². The van der Waals surface area contributed by atoms with Crippen LogP contribution in [0.2, 0.25) is 0 Å². The van der Waals surface area contributed by atoms with Crippen molar-refractivity contribution in [1.29, 1.82) is 0 Å². The van der Waals surface area contributed by atoms with Crippen LogP contribution in [0.3, 0.4) is 0 Å². The maximum atomic E-state index is 12.8. The molecule has 1 aromatic rings. The van der Waals surface area contributed by atoms with Crippen molar-refractivity contribution in [1.82, 2.24) is 4.31 Å². The molecule has 1 aliphatic rings. The number of aryl methyl sites for hydroxylation is 1.